The van der Waals surface area contributed by atoms with Crippen LogP contribution in [0.4, 0.5) is 10.5 Å². The van der Waals surface area contributed by atoms with Gasteiger partial charge in [0.25, 0.3) is 0 Å². The van der Waals surface area contributed by atoms with Gasteiger partial charge >= 0.3 is 6.03 Å². The number of benzene rings is 1. The van der Waals surface area contributed by atoms with E-state index < -0.39 is 0 Å². The third-order valence-corrected chi connectivity index (χ3v) is 4.49. The highest BCUT2D eigenvalue weighted by Crippen LogP contribution is 2.18. The Labute approximate surface area is 150 Å². The van der Waals surface area contributed by atoms with E-state index >= 15 is 0 Å². The molecule has 6 nitrogen and oxygen atoms in total. The normalized spacial score (nSPS) is 16.5. The molecule has 1 aromatic rings. The number of hydrogen-bond acceptors (Lipinski definition) is 3. The molecule has 0 radical (unpaired) electrons. The summed E-state index contributed by atoms with van der Waals surface area (Å²) in [6.45, 7) is 1.55. The van der Waals surface area contributed by atoms with Crippen molar-refractivity contribution >= 4 is 17.6 Å². The summed E-state index contributed by atoms with van der Waals surface area (Å²) in [5, 5.41) is 2.92. The molecule has 0 unspecified atom stereocenters. The van der Waals surface area contributed by atoms with Gasteiger partial charge in [-0.3, -0.25) is 4.79 Å². The number of amides is 3. The molecule has 1 aliphatic heterocycles. The number of para-hydroxylation sites is 1. The van der Waals surface area contributed by atoms with E-state index in [-0.39, 0.29) is 18.4 Å². The number of likely N-dealkylation sites (N-methyl/N-ethyl adjacent to an activating group) is 1. The Morgan fingerprint density at radius 2 is 2.00 bits per heavy atom. The van der Waals surface area contributed by atoms with Crippen LogP contribution >= 0.6 is 0 Å². The molecule has 0 spiro atoms. The molecular weight excluding hydrogens is 318 g/mol. The van der Waals surface area contributed by atoms with Crippen molar-refractivity contribution in [1.82, 2.24) is 9.80 Å². The van der Waals surface area contributed by atoms with Gasteiger partial charge in [-0.1, -0.05) is 18.2 Å². The molecule has 6 heteroatoms. The predicted molar refractivity (Wildman–Crippen MR) is 98.7 cm³/mol. The second kappa shape index (κ2) is 9.42. The standard InChI is InChI=1S/C19H29N3O3/c1-21(2)18(23)14-15-8-4-5-11-17(15)20-19(24)22(3)12-6-9-16-10-7-13-25-16/h4-5,8,11,16H,6-7,9-10,12-14H2,1-3H3,(H,20,24)/t16-/m1/s1. The van der Waals surface area contributed by atoms with Crippen LogP contribution in [0.1, 0.15) is 31.2 Å². The van der Waals surface area contributed by atoms with Gasteiger partial charge in [-0.05, 0) is 37.3 Å². The summed E-state index contributed by atoms with van der Waals surface area (Å²) < 4.78 is 5.61. The highest BCUT2D eigenvalue weighted by atomic mass is 16.5. The fourth-order valence-electron chi connectivity index (χ4n) is 2.86. The molecule has 1 aliphatic rings. The van der Waals surface area contributed by atoms with Crippen molar-refractivity contribution in [2.45, 2.75) is 38.2 Å². The van der Waals surface area contributed by atoms with Gasteiger partial charge in [0.2, 0.25) is 5.91 Å². The lowest BCUT2D eigenvalue weighted by molar-refractivity contribution is -0.127. The lowest BCUT2D eigenvalue weighted by atomic mass is 10.1. The molecule has 1 fully saturated rings. The molecule has 3 amide bonds. The average molecular weight is 347 g/mol. The molecule has 1 atom stereocenters. The maximum absolute atomic E-state index is 12.4. The molecule has 1 saturated heterocycles. The van der Waals surface area contributed by atoms with Crippen molar-refractivity contribution in [3.8, 4) is 0 Å². The molecule has 2 rings (SSSR count). The number of carbonyl (C=O) groups excluding carboxylic acids is 2. The average Bonchev–Trinajstić information content (AvgIpc) is 3.09. The number of carbonyl (C=O) groups is 2. The van der Waals surface area contributed by atoms with E-state index in [1.807, 2.05) is 24.3 Å². The first-order valence-electron chi connectivity index (χ1n) is 8.89. The van der Waals surface area contributed by atoms with E-state index in [9.17, 15) is 9.59 Å². The molecule has 0 aliphatic carbocycles. The Balaban J connectivity index is 1.85. The zero-order chi connectivity index (χ0) is 18.2. The summed E-state index contributed by atoms with van der Waals surface area (Å²) >= 11 is 0. The van der Waals surface area contributed by atoms with Crippen LogP contribution in [0.5, 0.6) is 0 Å². The molecule has 1 aromatic carbocycles. The lowest BCUT2D eigenvalue weighted by Gasteiger charge is -2.20. The molecule has 0 aromatic heterocycles. The van der Waals surface area contributed by atoms with Crippen molar-refractivity contribution in [2.75, 3.05) is 39.6 Å². The molecule has 0 saturated carbocycles. The van der Waals surface area contributed by atoms with Crippen molar-refractivity contribution in [3.05, 3.63) is 29.8 Å². The van der Waals surface area contributed by atoms with Crippen LogP contribution in [0.15, 0.2) is 24.3 Å². The third kappa shape index (κ3) is 6.05. The topological polar surface area (TPSA) is 61.9 Å². The molecular formula is C19H29N3O3. The highest BCUT2D eigenvalue weighted by molar-refractivity contribution is 5.91. The summed E-state index contributed by atoms with van der Waals surface area (Å²) in [6, 6.07) is 7.28. The second-order valence-electron chi connectivity index (χ2n) is 6.75. The van der Waals surface area contributed by atoms with Crippen LogP contribution in [0.2, 0.25) is 0 Å². The van der Waals surface area contributed by atoms with E-state index in [0.717, 1.165) is 37.9 Å². The number of rotatable bonds is 7. The Kier molecular flexibility index (Phi) is 7.25. The number of anilines is 1. The predicted octanol–water partition coefficient (Wildman–Crippen LogP) is 2.74. The van der Waals surface area contributed by atoms with Gasteiger partial charge in [-0.15, -0.1) is 0 Å². The summed E-state index contributed by atoms with van der Waals surface area (Å²) in [5.41, 5.74) is 1.51. The quantitative estimate of drug-likeness (QED) is 0.825. The summed E-state index contributed by atoms with van der Waals surface area (Å²) in [5.74, 6) is 0.00613. The Hall–Kier alpha value is -2.08. The van der Waals surface area contributed by atoms with Crippen molar-refractivity contribution in [1.29, 1.82) is 0 Å². The van der Waals surface area contributed by atoms with Crippen LogP contribution in [-0.2, 0) is 16.0 Å². The van der Waals surface area contributed by atoms with Gasteiger partial charge < -0.3 is 19.9 Å². The second-order valence-corrected chi connectivity index (χ2v) is 6.75. The molecule has 25 heavy (non-hydrogen) atoms. The van der Waals surface area contributed by atoms with Gasteiger partial charge in [-0.2, -0.15) is 0 Å². The number of nitrogens with one attached hydrogen (secondary N) is 1. The first kappa shape index (κ1) is 19.2. The van der Waals surface area contributed by atoms with Gasteiger partial charge in [0, 0.05) is 40.0 Å². The van der Waals surface area contributed by atoms with E-state index in [1.54, 1.807) is 30.9 Å². The number of urea groups is 1. The van der Waals surface area contributed by atoms with Gasteiger partial charge in [-0.25, -0.2) is 4.79 Å². The maximum atomic E-state index is 12.4. The van der Waals surface area contributed by atoms with E-state index in [0.29, 0.717) is 18.3 Å². The van der Waals surface area contributed by atoms with Crippen molar-refractivity contribution < 1.29 is 14.3 Å². The van der Waals surface area contributed by atoms with Crippen LogP contribution in [-0.4, -0.2) is 62.1 Å². The maximum Gasteiger partial charge on any atom is 0.321 e. The minimum absolute atomic E-state index is 0.00613. The Morgan fingerprint density at radius 3 is 2.68 bits per heavy atom. The third-order valence-electron chi connectivity index (χ3n) is 4.49. The number of nitrogens with zero attached hydrogens (tertiary/aromatic N) is 2. The fourth-order valence-corrected chi connectivity index (χ4v) is 2.86. The summed E-state index contributed by atoms with van der Waals surface area (Å²) in [6.07, 6.45) is 4.81. The van der Waals surface area contributed by atoms with Crippen LogP contribution in [0, 0.1) is 0 Å². The van der Waals surface area contributed by atoms with Gasteiger partial charge in [0.1, 0.15) is 0 Å². The molecule has 138 valence electrons. The first-order chi connectivity index (χ1) is 12.0. The van der Waals surface area contributed by atoms with Gasteiger partial charge in [0.05, 0.1) is 12.5 Å². The monoisotopic (exact) mass is 347 g/mol. The van der Waals surface area contributed by atoms with Crippen molar-refractivity contribution in [2.24, 2.45) is 0 Å². The Morgan fingerprint density at radius 1 is 1.24 bits per heavy atom. The Bertz CT molecular complexity index is 583. The highest BCUT2D eigenvalue weighted by Gasteiger charge is 2.17. The molecule has 0 bridgehead atoms. The first-order valence-corrected chi connectivity index (χ1v) is 8.89. The number of ether oxygens (including phenoxy) is 1. The number of hydrogen-bond donors (Lipinski definition) is 1. The largest absolute Gasteiger partial charge is 0.378 e. The smallest absolute Gasteiger partial charge is 0.321 e. The minimum atomic E-state index is -0.155. The van der Waals surface area contributed by atoms with Crippen LogP contribution < -0.4 is 5.32 Å². The van der Waals surface area contributed by atoms with E-state index in [2.05, 4.69) is 5.32 Å². The summed E-state index contributed by atoms with van der Waals surface area (Å²) in [7, 11) is 5.25. The van der Waals surface area contributed by atoms with E-state index in [4.69, 9.17) is 4.74 Å². The lowest BCUT2D eigenvalue weighted by Crippen LogP contribution is -2.33. The summed E-state index contributed by atoms with van der Waals surface area (Å²) in [4.78, 5) is 27.6. The zero-order valence-electron chi connectivity index (χ0n) is 15.5. The van der Waals surface area contributed by atoms with Gasteiger partial charge in [0.15, 0.2) is 0 Å². The van der Waals surface area contributed by atoms with E-state index in [1.165, 1.54) is 0 Å². The molecule has 1 heterocycles. The SMILES string of the molecule is CN(C)C(=O)Cc1ccccc1NC(=O)N(C)CCC[C@@H]1CCCO1. The van der Waals surface area contributed by atoms with Crippen LogP contribution in [0.25, 0.3) is 0 Å². The van der Waals surface area contributed by atoms with Crippen LogP contribution in [0.3, 0.4) is 0 Å². The fraction of sp³-hybridized carbons (Fsp3) is 0.579. The minimum Gasteiger partial charge on any atom is -0.378 e. The molecule has 1 N–H and O–H groups in total. The van der Waals surface area contributed by atoms with Crippen molar-refractivity contribution in [3.63, 3.8) is 0 Å². The zero-order valence-corrected chi connectivity index (χ0v) is 15.5.